The van der Waals surface area contributed by atoms with Crippen LogP contribution in [0.4, 0.5) is 0 Å². The van der Waals surface area contributed by atoms with Crippen LogP contribution in [0.25, 0.3) is 0 Å². The van der Waals surface area contributed by atoms with Gasteiger partial charge in [0.15, 0.2) is 0 Å². The van der Waals surface area contributed by atoms with Crippen LogP contribution in [-0.2, 0) is 18.4 Å². The lowest BCUT2D eigenvalue weighted by Crippen LogP contribution is -2.24. The molecule has 1 atom stereocenters. The van der Waals surface area contributed by atoms with Crippen LogP contribution in [0, 0.1) is 0 Å². The molecule has 0 aliphatic rings. The SMILES string of the molecule is CCc1ccc(CC(C)(O)c2ccccc2)cc1. The molecule has 1 heteroatoms. The number of aliphatic hydroxyl groups is 1. The molecule has 0 aliphatic heterocycles. The third kappa shape index (κ3) is 2.99. The van der Waals surface area contributed by atoms with Gasteiger partial charge in [-0.2, -0.15) is 0 Å². The standard InChI is InChI=1S/C17H20O/c1-3-14-9-11-15(12-10-14)13-17(2,18)16-7-5-4-6-8-16/h4-12,18H,3,13H2,1-2H3. The van der Waals surface area contributed by atoms with E-state index in [0.29, 0.717) is 6.42 Å². The van der Waals surface area contributed by atoms with Gasteiger partial charge in [0.1, 0.15) is 0 Å². The maximum absolute atomic E-state index is 10.6. The van der Waals surface area contributed by atoms with Crippen molar-refractivity contribution in [1.82, 2.24) is 0 Å². The van der Waals surface area contributed by atoms with Crippen LogP contribution in [0.15, 0.2) is 54.6 Å². The van der Waals surface area contributed by atoms with Crippen LogP contribution in [0.5, 0.6) is 0 Å². The quantitative estimate of drug-likeness (QED) is 0.864. The summed E-state index contributed by atoms with van der Waals surface area (Å²) in [5.74, 6) is 0. The summed E-state index contributed by atoms with van der Waals surface area (Å²) in [6, 6.07) is 18.3. The van der Waals surface area contributed by atoms with E-state index in [-0.39, 0.29) is 0 Å². The van der Waals surface area contributed by atoms with Crippen molar-refractivity contribution >= 4 is 0 Å². The van der Waals surface area contributed by atoms with Gasteiger partial charge in [-0.1, -0.05) is 61.5 Å². The van der Waals surface area contributed by atoms with Crippen molar-refractivity contribution in [2.24, 2.45) is 0 Å². The molecule has 0 aromatic heterocycles. The highest BCUT2D eigenvalue weighted by atomic mass is 16.3. The van der Waals surface area contributed by atoms with E-state index in [2.05, 4.69) is 31.2 Å². The third-order valence-corrected chi connectivity index (χ3v) is 3.38. The summed E-state index contributed by atoms with van der Waals surface area (Å²) < 4.78 is 0. The normalized spacial score (nSPS) is 14.2. The zero-order valence-electron chi connectivity index (χ0n) is 11.1. The number of hydrogen-bond donors (Lipinski definition) is 1. The minimum absolute atomic E-state index is 0.640. The fourth-order valence-corrected chi connectivity index (χ4v) is 2.19. The summed E-state index contributed by atoms with van der Waals surface area (Å²) in [6.07, 6.45) is 1.69. The minimum Gasteiger partial charge on any atom is -0.385 e. The van der Waals surface area contributed by atoms with Gasteiger partial charge in [0.05, 0.1) is 5.60 Å². The summed E-state index contributed by atoms with van der Waals surface area (Å²) in [5.41, 5.74) is 2.65. The summed E-state index contributed by atoms with van der Waals surface area (Å²) in [4.78, 5) is 0. The molecule has 0 spiro atoms. The Morgan fingerprint density at radius 2 is 1.44 bits per heavy atom. The van der Waals surface area contributed by atoms with E-state index in [1.807, 2.05) is 37.3 Å². The lowest BCUT2D eigenvalue weighted by Gasteiger charge is -2.24. The van der Waals surface area contributed by atoms with Gasteiger partial charge in [0.25, 0.3) is 0 Å². The number of aryl methyl sites for hydroxylation is 1. The summed E-state index contributed by atoms with van der Waals surface area (Å²) in [7, 11) is 0. The first-order chi connectivity index (χ1) is 8.62. The van der Waals surface area contributed by atoms with Crippen molar-refractivity contribution in [1.29, 1.82) is 0 Å². The van der Waals surface area contributed by atoms with Gasteiger partial charge in [-0.15, -0.1) is 0 Å². The van der Waals surface area contributed by atoms with E-state index in [9.17, 15) is 5.11 Å². The first-order valence-corrected chi connectivity index (χ1v) is 6.47. The van der Waals surface area contributed by atoms with Crippen molar-refractivity contribution in [3.05, 3.63) is 71.3 Å². The predicted octanol–water partition coefficient (Wildman–Crippen LogP) is 3.70. The molecule has 0 saturated heterocycles. The molecule has 94 valence electrons. The Kier molecular flexibility index (Phi) is 3.83. The summed E-state index contributed by atoms with van der Waals surface area (Å²) >= 11 is 0. The topological polar surface area (TPSA) is 20.2 Å². The van der Waals surface area contributed by atoms with Gasteiger partial charge in [-0.05, 0) is 30.0 Å². The highest BCUT2D eigenvalue weighted by Crippen LogP contribution is 2.25. The monoisotopic (exact) mass is 240 g/mol. The van der Waals surface area contributed by atoms with Gasteiger partial charge in [0.2, 0.25) is 0 Å². The second-order valence-corrected chi connectivity index (χ2v) is 4.99. The Balaban J connectivity index is 2.16. The number of rotatable bonds is 4. The second-order valence-electron chi connectivity index (χ2n) is 4.99. The molecule has 0 aliphatic carbocycles. The molecular weight excluding hydrogens is 220 g/mol. The van der Waals surface area contributed by atoms with Crippen LogP contribution in [0.2, 0.25) is 0 Å². The molecule has 0 amide bonds. The first kappa shape index (κ1) is 12.8. The van der Waals surface area contributed by atoms with Gasteiger partial charge in [-0.3, -0.25) is 0 Å². The van der Waals surface area contributed by atoms with Crippen molar-refractivity contribution in [2.75, 3.05) is 0 Å². The summed E-state index contributed by atoms with van der Waals surface area (Å²) in [5, 5.41) is 10.6. The van der Waals surface area contributed by atoms with Crippen LogP contribution in [0.3, 0.4) is 0 Å². The van der Waals surface area contributed by atoms with Crippen LogP contribution < -0.4 is 0 Å². The zero-order chi connectivity index (χ0) is 13.0. The van der Waals surface area contributed by atoms with Crippen molar-refractivity contribution in [3.8, 4) is 0 Å². The fraction of sp³-hybridized carbons (Fsp3) is 0.294. The van der Waals surface area contributed by atoms with Crippen molar-refractivity contribution in [3.63, 3.8) is 0 Å². The molecule has 2 rings (SSSR count). The van der Waals surface area contributed by atoms with E-state index < -0.39 is 5.60 Å². The predicted molar refractivity (Wildman–Crippen MR) is 75.5 cm³/mol. The van der Waals surface area contributed by atoms with E-state index in [0.717, 1.165) is 12.0 Å². The van der Waals surface area contributed by atoms with Crippen LogP contribution in [0.1, 0.15) is 30.5 Å². The zero-order valence-corrected chi connectivity index (χ0v) is 11.1. The van der Waals surface area contributed by atoms with Crippen LogP contribution in [-0.4, -0.2) is 5.11 Å². The van der Waals surface area contributed by atoms with Crippen molar-refractivity contribution < 1.29 is 5.11 Å². The van der Waals surface area contributed by atoms with Crippen LogP contribution >= 0.6 is 0 Å². The highest BCUT2D eigenvalue weighted by Gasteiger charge is 2.22. The van der Waals surface area contributed by atoms with Gasteiger partial charge >= 0.3 is 0 Å². The molecule has 2 aromatic rings. The maximum atomic E-state index is 10.6. The lowest BCUT2D eigenvalue weighted by atomic mass is 9.89. The molecule has 1 nitrogen and oxygen atoms in total. The Labute approximate surface area is 109 Å². The average Bonchev–Trinajstić information content (AvgIpc) is 2.40. The molecule has 1 N–H and O–H groups in total. The van der Waals surface area contributed by atoms with Crippen molar-refractivity contribution in [2.45, 2.75) is 32.3 Å². The fourth-order valence-electron chi connectivity index (χ4n) is 2.19. The molecule has 18 heavy (non-hydrogen) atoms. The van der Waals surface area contributed by atoms with Gasteiger partial charge in [-0.25, -0.2) is 0 Å². The maximum Gasteiger partial charge on any atom is 0.0908 e. The minimum atomic E-state index is -0.811. The highest BCUT2D eigenvalue weighted by molar-refractivity contribution is 5.28. The number of benzene rings is 2. The summed E-state index contributed by atoms with van der Waals surface area (Å²) in [6.45, 7) is 4.02. The Bertz CT molecular complexity index is 483. The molecular formula is C17H20O. The molecule has 0 fully saturated rings. The average molecular weight is 240 g/mol. The van der Waals surface area contributed by atoms with E-state index >= 15 is 0 Å². The Morgan fingerprint density at radius 3 is 2.00 bits per heavy atom. The molecule has 1 unspecified atom stereocenters. The molecule has 0 heterocycles. The number of hydrogen-bond acceptors (Lipinski definition) is 1. The van der Waals surface area contributed by atoms with E-state index in [1.54, 1.807) is 0 Å². The molecule has 2 aromatic carbocycles. The van der Waals surface area contributed by atoms with Gasteiger partial charge < -0.3 is 5.11 Å². The lowest BCUT2D eigenvalue weighted by molar-refractivity contribution is 0.0576. The molecule has 0 bridgehead atoms. The Morgan fingerprint density at radius 1 is 0.889 bits per heavy atom. The second kappa shape index (κ2) is 5.36. The third-order valence-electron chi connectivity index (χ3n) is 3.38. The molecule has 0 saturated carbocycles. The largest absolute Gasteiger partial charge is 0.385 e. The first-order valence-electron chi connectivity index (χ1n) is 6.47. The van der Waals surface area contributed by atoms with E-state index in [1.165, 1.54) is 11.1 Å². The molecule has 0 radical (unpaired) electrons. The van der Waals surface area contributed by atoms with E-state index in [4.69, 9.17) is 0 Å². The van der Waals surface area contributed by atoms with Gasteiger partial charge in [0, 0.05) is 6.42 Å². The smallest absolute Gasteiger partial charge is 0.0908 e. The Hall–Kier alpha value is -1.60.